The molecule has 57 heavy (non-hydrogen) atoms. The lowest BCUT2D eigenvalue weighted by atomic mass is 9.49. The number of oxazole rings is 1. The second-order valence-electron chi connectivity index (χ2n) is 15.6. The first-order chi connectivity index (χ1) is 27.6. The lowest BCUT2D eigenvalue weighted by molar-refractivity contribution is -0.127. The molecule has 0 radical (unpaired) electrons. The summed E-state index contributed by atoms with van der Waals surface area (Å²) in [5.74, 6) is -4.32. The van der Waals surface area contributed by atoms with Gasteiger partial charge in [0, 0.05) is 16.5 Å². The van der Waals surface area contributed by atoms with Crippen LogP contribution < -0.4 is 9.80 Å². The van der Waals surface area contributed by atoms with Crippen molar-refractivity contribution in [1.29, 1.82) is 0 Å². The second kappa shape index (κ2) is 12.9. The smallest absolute Gasteiger partial charge is 0.246 e. The Balaban J connectivity index is 1.10. The minimum absolute atomic E-state index is 0.151. The zero-order valence-electron chi connectivity index (χ0n) is 31.1. The van der Waals surface area contributed by atoms with Crippen molar-refractivity contribution in [3.05, 3.63) is 154 Å². The number of carbonyl (C=O) groups is 4. The number of halogens is 1. The molecule has 282 valence electrons. The minimum atomic E-state index is -1.41. The van der Waals surface area contributed by atoms with Crippen molar-refractivity contribution < 1.29 is 28.7 Å². The molecular formula is C47H36ClN3O6. The lowest BCUT2D eigenvalue weighted by Gasteiger charge is -2.51. The summed E-state index contributed by atoms with van der Waals surface area (Å²) in [6.45, 7) is 3.63. The molecule has 1 N–H and O–H groups in total. The Kier molecular flexibility index (Phi) is 7.92. The van der Waals surface area contributed by atoms with Crippen molar-refractivity contribution in [2.75, 3.05) is 9.80 Å². The average molecular weight is 774 g/mol. The van der Waals surface area contributed by atoms with Gasteiger partial charge in [0.15, 0.2) is 5.58 Å². The molecule has 6 unspecified atom stereocenters. The van der Waals surface area contributed by atoms with Crippen LogP contribution in [0, 0.1) is 37.5 Å². The first-order valence-electron chi connectivity index (χ1n) is 19.1. The third-order valence-electron chi connectivity index (χ3n) is 12.7. The number of carbonyl (C=O) groups excluding carboxylic acids is 4. The summed E-state index contributed by atoms with van der Waals surface area (Å²) in [5, 5.41) is 11.3. The summed E-state index contributed by atoms with van der Waals surface area (Å²) in [5.41, 5.74) is 5.04. The maximum absolute atomic E-state index is 15.5. The number of rotatable bonds is 5. The number of nitrogens with zero attached hydrogens (tertiary/aromatic N) is 3. The summed E-state index contributed by atoms with van der Waals surface area (Å²) in [6.07, 6.45) is 2.51. The summed E-state index contributed by atoms with van der Waals surface area (Å²) in [6, 6.07) is 34.5. The maximum atomic E-state index is 15.5. The maximum Gasteiger partial charge on any atom is 0.246 e. The molecule has 2 aliphatic heterocycles. The molecule has 1 saturated carbocycles. The van der Waals surface area contributed by atoms with Gasteiger partial charge >= 0.3 is 0 Å². The Bertz CT molecular complexity index is 2670. The molecule has 9 nitrogen and oxygen atoms in total. The quantitative estimate of drug-likeness (QED) is 0.137. The van der Waals surface area contributed by atoms with Crippen LogP contribution in [0.4, 0.5) is 11.4 Å². The van der Waals surface area contributed by atoms with Crippen molar-refractivity contribution in [1.82, 2.24) is 4.98 Å². The monoisotopic (exact) mass is 773 g/mol. The highest BCUT2D eigenvalue weighted by Gasteiger charge is 2.70. The van der Waals surface area contributed by atoms with E-state index in [0.29, 0.717) is 56.5 Å². The molecule has 10 rings (SSSR count). The molecule has 6 aromatic rings. The minimum Gasteiger partial charge on any atom is -0.507 e. The van der Waals surface area contributed by atoms with Crippen LogP contribution in [0.3, 0.4) is 0 Å². The van der Waals surface area contributed by atoms with Crippen LogP contribution >= 0.6 is 11.6 Å². The number of aromatic nitrogens is 1. The fourth-order valence-corrected chi connectivity index (χ4v) is 10.5. The SMILES string of the molecule is Cc1cc(C2C3=CCC4C(=O)N(c5ccc(-c6nc7ccccc7o6)cc5)C(=O)C4C3CC3C(=O)N(c4cccc(Cl)c4)C(=O)C32c2ccccc2)cc(C)c1O. The zero-order chi connectivity index (χ0) is 39.3. The molecule has 4 amide bonds. The van der Waals surface area contributed by atoms with E-state index in [1.54, 1.807) is 48.5 Å². The van der Waals surface area contributed by atoms with Gasteiger partial charge < -0.3 is 9.52 Å². The van der Waals surface area contributed by atoms with Gasteiger partial charge in [0.1, 0.15) is 11.3 Å². The number of aromatic hydroxyl groups is 1. The fraction of sp³-hybridized carbons (Fsp3) is 0.213. The van der Waals surface area contributed by atoms with Crippen LogP contribution in [0.2, 0.25) is 5.02 Å². The molecule has 5 aromatic carbocycles. The first-order valence-corrected chi connectivity index (χ1v) is 19.5. The Morgan fingerprint density at radius 3 is 2.19 bits per heavy atom. The third-order valence-corrected chi connectivity index (χ3v) is 12.9. The van der Waals surface area contributed by atoms with E-state index in [0.717, 1.165) is 16.7 Å². The number of phenols is 1. The number of benzene rings is 5. The van der Waals surface area contributed by atoms with E-state index in [4.69, 9.17) is 16.0 Å². The number of imide groups is 2. The van der Waals surface area contributed by atoms with E-state index < -0.39 is 35.0 Å². The molecule has 3 heterocycles. The molecule has 4 aliphatic rings. The molecule has 2 saturated heterocycles. The summed E-state index contributed by atoms with van der Waals surface area (Å²) in [4.78, 5) is 66.8. The van der Waals surface area contributed by atoms with Crippen molar-refractivity contribution in [2.24, 2.45) is 23.7 Å². The molecule has 0 bridgehead atoms. The summed E-state index contributed by atoms with van der Waals surface area (Å²) >= 11 is 6.44. The van der Waals surface area contributed by atoms with E-state index in [-0.39, 0.29) is 35.8 Å². The topological polar surface area (TPSA) is 121 Å². The Morgan fingerprint density at radius 1 is 0.754 bits per heavy atom. The van der Waals surface area contributed by atoms with Crippen LogP contribution in [0.1, 0.15) is 41.0 Å². The number of phenolic OH excluding ortho intramolecular Hbond substituents is 1. The van der Waals surface area contributed by atoms with Gasteiger partial charge in [-0.15, -0.1) is 0 Å². The average Bonchev–Trinajstić information content (AvgIpc) is 3.84. The van der Waals surface area contributed by atoms with Crippen LogP contribution in [-0.4, -0.2) is 33.7 Å². The number of hydrogen-bond donors (Lipinski definition) is 1. The summed E-state index contributed by atoms with van der Waals surface area (Å²) < 4.78 is 5.96. The molecule has 3 fully saturated rings. The number of para-hydroxylation sites is 2. The zero-order valence-corrected chi connectivity index (χ0v) is 31.8. The van der Waals surface area contributed by atoms with Crippen molar-refractivity contribution in [3.63, 3.8) is 0 Å². The first kappa shape index (κ1) is 35.1. The van der Waals surface area contributed by atoms with E-state index in [1.165, 1.54) is 9.80 Å². The molecule has 6 atom stereocenters. The van der Waals surface area contributed by atoms with Gasteiger partial charge in [-0.1, -0.05) is 83.9 Å². The van der Waals surface area contributed by atoms with E-state index in [2.05, 4.69) is 4.98 Å². The highest BCUT2D eigenvalue weighted by atomic mass is 35.5. The molecule has 2 aliphatic carbocycles. The fourth-order valence-electron chi connectivity index (χ4n) is 10.3. The van der Waals surface area contributed by atoms with Crippen molar-refractivity contribution >= 4 is 57.7 Å². The Morgan fingerprint density at radius 2 is 1.47 bits per heavy atom. The molecule has 1 aromatic heterocycles. The second-order valence-corrected chi connectivity index (χ2v) is 16.1. The van der Waals surface area contributed by atoms with Crippen LogP contribution in [0.25, 0.3) is 22.6 Å². The van der Waals surface area contributed by atoms with E-state index >= 15 is 9.59 Å². The highest BCUT2D eigenvalue weighted by Crippen LogP contribution is 2.65. The van der Waals surface area contributed by atoms with Gasteiger partial charge in [0.05, 0.1) is 34.5 Å². The third kappa shape index (κ3) is 5.04. The number of allylic oxidation sites excluding steroid dienone is 2. The largest absolute Gasteiger partial charge is 0.507 e. The van der Waals surface area contributed by atoms with Crippen molar-refractivity contribution in [3.8, 4) is 17.2 Å². The molecular weight excluding hydrogens is 738 g/mol. The Labute approximate surface area is 333 Å². The highest BCUT2D eigenvalue weighted by molar-refractivity contribution is 6.32. The van der Waals surface area contributed by atoms with Crippen LogP contribution in [0.5, 0.6) is 5.75 Å². The van der Waals surface area contributed by atoms with E-state index in [1.807, 2.05) is 86.7 Å². The standard InChI is InChI=1S/C47H36ClN3O6/c1-25-21-28(22-26(2)41(25)52)40-33-19-20-34-39(45(55)50(43(34)53)31-17-15-27(16-18-31)42-49-37-13-6-7-14-38(37)57-42)35(33)24-36-44(54)51(32-12-8-11-30(48)23-32)46(56)47(36,40)29-9-4-3-5-10-29/h3-19,21-23,34-36,39-40,52H,20,24H2,1-2H3. The lowest BCUT2D eigenvalue weighted by Crippen LogP contribution is -2.53. The van der Waals surface area contributed by atoms with Gasteiger partial charge in [-0.05, 0) is 109 Å². The van der Waals surface area contributed by atoms with Gasteiger partial charge in [0.2, 0.25) is 29.5 Å². The van der Waals surface area contributed by atoms with Crippen LogP contribution in [-0.2, 0) is 24.6 Å². The summed E-state index contributed by atoms with van der Waals surface area (Å²) in [7, 11) is 0. The van der Waals surface area contributed by atoms with Gasteiger partial charge in [-0.2, -0.15) is 0 Å². The van der Waals surface area contributed by atoms with Gasteiger partial charge in [0.25, 0.3) is 0 Å². The Hall–Kier alpha value is -6.32. The predicted molar refractivity (Wildman–Crippen MR) is 216 cm³/mol. The number of anilines is 2. The number of amides is 4. The van der Waals surface area contributed by atoms with Crippen LogP contribution in [0.15, 0.2) is 131 Å². The number of fused-ring (bicyclic) bond motifs is 5. The molecule has 10 heteroatoms. The number of aryl methyl sites for hydroxylation is 2. The van der Waals surface area contributed by atoms with Gasteiger partial charge in [-0.25, -0.2) is 9.88 Å². The van der Waals surface area contributed by atoms with Gasteiger partial charge in [-0.3, -0.25) is 24.1 Å². The predicted octanol–water partition coefficient (Wildman–Crippen LogP) is 8.84. The normalized spacial score (nSPS) is 25.5. The molecule has 0 spiro atoms. The number of hydrogen-bond acceptors (Lipinski definition) is 7. The van der Waals surface area contributed by atoms with E-state index in [9.17, 15) is 14.7 Å². The van der Waals surface area contributed by atoms with Crippen molar-refractivity contribution in [2.45, 2.75) is 38.0 Å².